The summed E-state index contributed by atoms with van der Waals surface area (Å²) in [6, 6.07) is 8.54. The van der Waals surface area contributed by atoms with Crippen LogP contribution in [0.1, 0.15) is 17.9 Å². The van der Waals surface area contributed by atoms with Crippen LogP contribution in [0.3, 0.4) is 0 Å². The molecule has 0 bridgehead atoms. The van der Waals surface area contributed by atoms with Gasteiger partial charge < -0.3 is 0 Å². The molecule has 0 aliphatic carbocycles. The molecule has 1 aliphatic rings. The van der Waals surface area contributed by atoms with Crippen LogP contribution in [0.5, 0.6) is 0 Å². The van der Waals surface area contributed by atoms with Crippen molar-refractivity contribution in [2.75, 3.05) is 13.1 Å². The summed E-state index contributed by atoms with van der Waals surface area (Å²) in [6.45, 7) is 0.0142. The molecular formula is C11H12F2N2O. The van der Waals surface area contributed by atoms with Gasteiger partial charge in [-0.1, -0.05) is 30.3 Å². The van der Waals surface area contributed by atoms with Crippen LogP contribution >= 0.6 is 0 Å². The summed E-state index contributed by atoms with van der Waals surface area (Å²) in [6.07, 6.45) is -0.321. The highest BCUT2D eigenvalue weighted by atomic mass is 19.3. The minimum atomic E-state index is -2.76. The largest absolute Gasteiger partial charge is 0.260 e. The van der Waals surface area contributed by atoms with E-state index in [4.69, 9.17) is 0 Å². The van der Waals surface area contributed by atoms with Gasteiger partial charge in [-0.25, -0.2) is 8.78 Å². The third kappa shape index (κ3) is 2.03. The van der Waals surface area contributed by atoms with E-state index >= 15 is 0 Å². The van der Waals surface area contributed by atoms with Crippen molar-refractivity contribution in [2.24, 2.45) is 5.29 Å². The zero-order valence-electron chi connectivity index (χ0n) is 8.64. The second-order valence-electron chi connectivity index (χ2n) is 3.97. The molecule has 0 saturated carbocycles. The van der Waals surface area contributed by atoms with Gasteiger partial charge in [0, 0.05) is 13.0 Å². The van der Waals surface area contributed by atoms with Crippen molar-refractivity contribution in [3.63, 3.8) is 0 Å². The number of nitrogens with zero attached hydrogens (tertiary/aromatic N) is 2. The zero-order chi connectivity index (χ0) is 11.6. The number of alkyl halides is 2. The van der Waals surface area contributed by atoms with E-state index in [2.05, 4.69) is 5.29 Å². The minimum Gasteiger partial charge on any atom is -0.260 e. The average molecular weight is 226 g/mol. The average Bonchev–Trinajstić information content (AvgIpc) is 2.30. The molecule has 86 valence electrons. The van der Waals surface area contributed by atoms with Gasteiger partial charge in [0.1, 0.15) is 0 Å². The van der Waals surface area contributed by atoms with Gasteiger partial charge in [-0.2, -0.15) is 0 Å². The van der Waals surface area contributed by atoms with E-state index in [1.165, 1.54) is 0 Å². The SMILES string of the molecule is O=NN1CCC(F)(F)C(c2ccccc2)C1. The van der Waals surface area contributed by atoms with Crippen molar-refractivity contribution >= 4 is 0 Å². The molecule has 1 aromatic carbocycles. The molecule has 2 rings (SSSR count). The molecule has 3 nitrogen and oxygen atoms in total. The smallest absolute Gasteiger partial charge is 0.258 e. The van der Waals surface area contributed by atoms with Gasteiger partial charge in [0.05, 0.1) is 17.7 Å². The number of benzene rings is 1. The molecule has 1 saturated heterocycles. The maximum Gasteiger partial charge on any atom is 0.258 e. The Labute approximate surface area is 92.0 Å². The first-order valence-electron chi connectivity index (χ1n) is 5.14. The fraction of sp³-hybridized carbons (Fsp3) is 0.455. The first-order valence-corrected chi connectivity index (χ1v) is 5.14. The van der Waals surface area contributed by atoms with Gasteiger partial charge in [0.25, 0.3) is 5.92 Å². The Morgan fingerprint density at radius 2 is 2.00 bits per heavy atom. The minimum absolute atomic E-state index is 0.0134. The maximum absolute atomic E-state index is 13.7. The molecule has 0 radical (unpaired) electrons. The summed E-state index contributed by atoms with van der Waals surface area (Å²) in [5.41, 5.74) is 0.556. The third-order valence-electron chi connectivity index (χ3n) is 2.92. The Morgan fingerprint density at radius 3 is 2.62 bits per heavy atom. The van der Waals surface area contributed by atoms with Crippen LogP contribution in [-0.2, 0) is 0 Å². The van der Waals surface area contributed by atoms with Crippen LogP contribution < -0.4 is 0 Å². The molecule has 1 unspecified atom stereocenters. The Bertz CT molecular complexity index is 370. The van der Waals surface area contributed by atoms with Crippen molar-refractivity contribution in [3.8, 4) is 0 Å². The zero-order valence-corrected chi connectivity index (χ0v) is 8.64. The summed E-state index contributed by atoms with van der Waals surface area (Å²) in [7, 11) is 0. The number of halogens is 2. The molecule has 0 N–H and O–H groups in total. The quantitative estimate of drug-likeness (QED) is 0.726. The van der Waals surface area contributed by atoms with Gasteiger partial charge in [0.15, 0.2) is 0 Å². The Kier molecular flexibility index (Phi) is 2.85. The highest BCUT2D eigenvalue weighted by Crippen LogP contribution is 2.40. The molecule has 0 spiro atoms. The lowest BCUT2D eigenvalue weighted by atomic mass is 9.88. The van der Waals surface area contributed by atoms with Crippen molar-refractivity contribution in [1.29, 1.82) is 0 Å². The first-order chi connectivity index (χ1) is 7.63. The van der Waals surface area contributed by atoms with Crippen molar-refractivity contribution in [2.45, 2.75) is 18.3 Å². The van der Waals surface area contributed by atoms with Gasteiger partial charge in [-0.05, 0) is 5.56 Å². The molecule has 1 aliphatic heterocycles. The van der Waals surface area contributed by atoms with Gasteiger partial charge in [-0.3, -0.25) is 5.01 Å². The standard InChI is InChI=1S/C11H12F2N2O/c12-11(13)6-7-15(14-16)8-10(11)9-4-2-1-3-5-9/h1-5,10H,6-8H2. The molecule has 1 heterocycles. The summed E-state index contributed by atoms with van der Waals surface area (Å²) >= 11 is 0. The van der Waals surface area contributed by atoms with Crippen LogP contribution in [0, 0.1) is 4.91 Å². The van der Waals surface area contributed by atoms with Crippen molar-refractivity contribution in [1.82, 2.24) is 5.01 Å². The van der Waals surface area contributed by atoms with Crippen LogP contribution in [0.4, 0.5) is 8.78 Å². The molecule has 5 heteroatoms. The Morgan fingerprint density at radius 1 is 1.31 bits per heavy atom. The van der Waals surface area contributed by atoms with E-state index in [-0.39, 0.29) is 19.5 Å². The van der Waals surface area contributed by atoms with Gasteiger partial charge in [-0.15, -0.1) is 4.91 Å². The van der Waals surface area contributed by atoms with Gasteiger partial charge >= 0.3 is 0 Å². The first kappa shape index (κ1) is 11.0. The van der Waals surface area contributed by atoms with Crippen LogP contribution in [0.25, 0.3) is 0 Å². The normalized spacial score (nSPS) is 24.1. The number of nitroso groups, excluding NO2 is 1. The lowest BCUT2D eigenvalue weighted by Gasteiger charge is -2.35. The second kappa shape index (κ2) is 4.15. The van der Waals surface area contributed by atoms with E-state index in [0.29, 0.717) is 5.56 Å². The van der Waals surface area contributed by atoms with Crippen molar-refractivity contribution in [3.05, 3.63) is 40.8 Å². The molecular weight excluding hydrogens is 214 g/mol. The third-order valence-corrected chi connectivity index (χ3v) is 2.92. The summed E-state index contributed by atoms with van der Waals surface area (Å²) in [5.74, 6) is -3.71. The highest BCUT2D eigenvalue weighted by Gasteiger charge is 2.45. The molecule has 1 fully saturated rings. The number of rotatable bonds is 2. The fourth-order valence-electron chi connectivity index (χ4n) is 2.00. The predicted octanol–water partition coefficient (Wildman–Crippen LogP) is 2.79. The second-order valence-corrected chi connectivity index (χ2v) is 3.97. The molecule has 0 amide bonds. The number of piperidine rings is 1. The predicted molar refractivity (Wildman–Crippen MR) is 56.1 cm³/mol. The Hall–Kier alpha value is -1.52. The lowest BCUT2D eigenvalue weighted by Crippen LogP contribution is -2.43. The van der Waals surface area contributed by atoms with E-state index in [0.717, 1.165) is 5.01 Å². The van der Waals surface area contributed by atoms with E-state index in [9.17, 15) is 13.7 Å². The molecule has 1 aromatic rings. The van der Waals surface area contributed by atoms with E-state index < -0.39 is 11.8 Å². The summed E-state index contributed by atoms with van der Waals surface area (Å²) in [4.78, 5) is 10.4. The number of hydrogen-bond donors (Lipinski definition) is 0. The molecule has 16 heavy (non-hydrogen) atoms. The summed E-state index contributed by atoms with van der Waals surface area (Å²) < 4.78 is 27.4. The van der Waals surface area contributed by atoms with Crippen LogP contribution in [0.15, 0.2) is 35.6 Å². The van der Waals surface area contributed by atoms with Crippen LogP contribution in [0.2, 0.25) is 0 Å². The lowest BCUT2D eigenvalue weighted by molar-refractivity contribution is -0.0757. The topological polar surface area (TPSA) is 32.7 Å². The fourth-order valence-corrected chi connectivity index (χ4v) is 2.00. The van der Waals surface area contributed by atoms with E-state index in [1.807, 2.05) is 0 Å². The Balaban J connectivity index is 2.25. The van der Waals surface area contributed by atoms with Crippen molar-refractivity contribution < 1.29 is 8.78 Å². The highest BCUT2D eigenvalue weighted by molar-refractivity contribution is 5.23. The van der Waals surface area contributed by atoms with Crippen LogP contribution in [-0.4, -0.2) is 24.0 Å². The summed E-state index contributed by atoms with van der Waals surface area (Å²) in [5, 5.41) is 3.90. The molecule has 0 aromatic heterocycles. The molecule has 1 atom stereocenters. The monoisotopic (exact) mass is 226 g/mol. The van der Waals surface area contributed by atoms with E-state index in [1.54, 1.807) is 30.3 Å². The maximum atomic E-state index is 13.7. The number of hydrogen-bond acceptors (Lipinski definition) is 2. The van der Waals surface area contributed by atoms with Gasteiger partial charge in [0.2, 0.25) is 0 Å².